The van der Waals surface area contributed by atoms with Crippen LogP contribution >= 0.6 is 27.5 Å². The Balaban J connectivity index is 2.72. The number of aromatic nitrogens is 1. The van der Waals surface area contributed by atoms with Gasteiger partial charge in [0.05, 0.1) is 21.3 Å². The van der Waals surface area contributed by atoms with Crippen LogP contribution in [0.4, 0.5) is 10.3 Å². The molecule has 0 aliphatic carbocycles. The summed E-state index contributed by atoms with van der Waals surface area (Å²) in [6.07, 6.45) is 1.33. The molecule has 1 heterocycles. The molecule has 0 unspecified atom stereocenters. The molecule has 3 nitrogen and oxygen atoms in total. The monoisotopic (exact) mass is 290 g/mol. The van der Waals surface area contributed by atoms with Crippen molar-refractivity contribution in [3.8, 4) is 11.1 Å². The second-order valence-corrected chi connectivity index (χ2v) is 4.08. The fraction of sp³-hybridized carbons (Fsp3) is 0. The Labute approximate surface area is 98.1 Å². The van der Waals surface area contributed by atoms with Crippen molar-refractivity contribution in [1.29, 1.82) is 0 Å². The van der Waals surface area contributed by atoms with Gasteiger partial charge in [0.2, 0.25) is 5.88 Å². The van der Waals surface area contributed by atoms with Gasteiger partial charge in [0.1, 0.15) is 5.82 Å². The maximum atomic E-state index is 13.7. The molecule has 2 rings (SSSR count). The molecular formula is C9H5BrClFN2O. The molecule has 1 aromatic carbocycles. The second-order valence-electron chi connectivity index (χ2n) is 2.82. The first-order chi connectivity index (χ1) is 7.11. The molecule has 2 N–H and O–H groups in total. The van der Waals surface area contributed by atoms with Gasteiger partial charge in [-0.15, -0.1) is 0 Å². The van der Waals surface area contributed by atoms with E-state index in [0.717, 1.165) is 0 Å². The predicted octanol–water partition coefficient (Wildman–Crippen LogP) is 3.48. The number of anilines is 1. The lowest BCUT2D eigenvalue weighted by Gasteiger charge is -2.04. The summed E-state index contributed by atoms with van der Waals surface area (Å²) >= 11 is 8.94. The zero-order chi connectivity index (χ0) is 11.0. The van der Waals surface area contributed by atoms with E-state index in [-0.39, 0.29) is 16.5 Å². The first-order valence-electron chi connectivity index (χ1n) is 3.95. The highest BCUT2D eigenvalue weighted by Gasteiger charge is 2.17. The van der Waals surface area contributed by atoms with Crippen molar-refractivity contribution in [3.05, 3.63) is 33.6 Å². The Bertz CT molecular complexity index is 515. The van der Waals surface area contributed by atoms with Gasteiger partial charge in [0.15, 0.2) is 0 Å². The number of hydrogen-bond acceptors (Lipinski definition) is 3. The maximum absolute atomic E-state index is 13.7. The lowest BCUT2D eigenvalue weighted by molar-refractivity contribution is 0.436. The number of halogens is 3. The fourth-order valence-corrected chi connectivity index (χ4v) is 1.79. The smallest absolute Gasteiger partial charge is 0.230 e. The fourth-order valence-electron chi connectivity index (χ4n) is 1.21. The van der Waals surface area contributed by atoms with Gasteiger partial charge >= 0.3 is 0 Å². The third kappa shape index (κ3) is 1.72. The summed E-state index contributed by atoms with van der Waals surface area (Å²) in [6.45, 7) is 0. The lowest BCUT2D eigenvalue weighted by Crippen LogP contribution is -1.90. The topological polar surface area (TPSA) is 52.0 Å². The summed E-state index contributed by atoms with van der Waals surface area (Å²) in [5.74, 6) is -0.452. The molecule has 1 aromatic heterocycles. The number of rotatable bonds is 1. The van der Waals surface area contributed by atoms with E-state index in [9.17, 15) is 4.39 Å². The quantitative estimate of drug-likeness (QED) is 0.818. The summed E-state index contributed by atoms with van der Waals surface area (Å²) in [6, 6.07) is 3.08. The number of nitrogen functional groups attached to an aromatic ring is 1. The van der Waals surface area contributed by atoms with Crippen molar-refractivity contribution in [2.75, 3.05) is 5.73 Å². The highest BCUT2D eigenvalue weighted by Crippen LogP contribution is 2.36. The average molecular weight is 292 g/mol. The van der Waals surface area contributed by atoms with Gasteiger partial charge in [0, 0.05) is 5.56 Å². The van der Waals surface area contributed by atoms with Crippen molar-refractivity contribution in [2.24, 2.45) is 0 Å². The summed E-state index contributed by atoms with van der Waals surface area (Å²) in [4.78, 5) is 0. The number of nitrogens with two attached hydrogens (primary N) is 1. The molecule has 6 heteroatoms. The SMILES string of the molecule is Nc1oncc1-c1c(Cl)ccc(Br)c1F. The van der Waals surface area contributed by atoms with Crippen molar-refractivity contribution in [3.63, 3.8) is 0 Å². The lowest BCUT2D eigenvalue weighted by atomic mass is 10.1. The molecule has 78 valence electrons. The van der Waals surface area contributed by atoms with Crippen LogP contribution in [0.25, 0.3) is 11.1 Å². The van der Waals surface area contributed by atoms with Crippen LogP contribution in [0.3, 0.4) is 0 Å². The summed E-state index contributed by atoms with van der Waals surface area (Å²) in [5.41, 5.74) is 6.02. The highest BCUT2D eigenvalue weighted by molar-refractivity contribution is 9.10. The van der Waals surface area contributed by atoms with Crippen LogP contribution in [0.2, 0.25) is 5.02 Å². The molecule has 15 heavy (non-hydrogen) atoms. The number of benzene rings is 1. The van der Waals surface area contributed by atoms with E-state index in [2.05, 4.69) is 25.6 Å². The van der Waals surface area contributed by atoms with Crippen LogP contribution in [0.15, 0.2) is 27.3 Å². The van der Waals surface area contributed by atoms with Crippen LogP contribution in [-0.4, -0.2) is 5.16 Å². The molecule has 2 aromatic rings. The van der Waals surface area contributed by atoms with E-state index < -0.39 is 5.82 Å². The van der Waals surface area contributed by atoms with E-state index in [1.807, 2.05) is 0 Å². The van der Waals surface area contributed by atoms with Crippen molar-refractivity contribution in [1.82, 2.24) is 5.16 Å². The van der Waals surface area contributed by atoms with E-state index in [4.69, 9.17) is 17.3 Å². The van der Waals surface area contributed by atoms with Gasteiger partial charge in [-0.2, -0.15) is 0 Å². The first-order valence-corrected chi connectivity index (χ1v) is 5.12. The van der Waals surface area contributed by atoms with Crippen LogP contribution in [0, 0.1) is 5.82 Å². The molecule has 0 radical (unpaired) electrons. The Hall–Kier alpha value is -1.07. The highest BCUT2D eigenvalue weighted by atomic mass is 79.9. The molecular weight excluding hydrogens is 286 g/mol. The van der Waals surface area contributed by atoms with E-state index in [1.54, 1.807) is 6.07 Å². The molecule has 0 aliphatic heterocycles. The van der Waals surface area contributed by atoms with Crippen LogP contribution in [0.5, 0.6) is 0 Å². The third-order valence-electron chi connectivity index (χ3n) is 1.91. The number of nitrogens with zero attached hydrogens (tertiary/aromatic N) is 1. The van der Waals surface area contributed by atoms with E-state index in [0.29, 0.717) is 10.0 Å². The average Bonchev–Trinajstić information content (AvgIpc) is 2.60. The third-order valence-corrected chi connectivity index (χ3v) is 2.84. The van der Waals surface area contributed by atoms with Crippen LogP contribution < -0.4 is 5.73 Å². The standard InChI is InChI=1S/C9H5BrClFN2O/c10-5-1-2-6(11)7(8(5)12)4-3-14-15-9(4)13/h1-3H,13H2. The van der Waals surface area contributed by atoms with Gasteiger partial charge in [-0.05, 0) is 28.1 Å². The Kier molecular flexibility index (Phi) is 2.67. The van der Waals surface area contributed by atoms with Gasteiger partial charge in [0.25, 0.3) is 0 Å². The zero-order valence-electron chi connectivity index (χ0n) is 7.30. The van der Waals surface area contributed by atoms with Gasteiger partial charge in [-0.1, -0.05) is 16.8 Å². The summed E-state index contributed by atoms with van der Waals surface area (Å²) < 4.78 is 18.7. The molecule has 0 atom stereocenters. The van der Waals surface area contributed by atoms with E-state index >= 15 is 0 Å². The Morgan fingerprint density at radius 3 is 2.80 bits per heavy atom. The molecule has 0 saturated heterocycles. The van der Waals surface area contributed by atoms with Crippen molar-refractivity contribution in [2.45, 2.75) is 0 Å². The van der Waals surface area contributed by atoms with Crippen molar-refractivity contribution >= 4 is 33.4 Å². The van der Waals surface area contributed by atoms with E-state index in [1.165, 1.54) is 12.3 Å². The minimum atomic E-state index is -0.489. The largest absolute Gasteiger partial charge is 0.367 e. The molecule has 0 amide bonds. The predicted molar refractivity (Wildman–Crippen MR) is 59.0 cm³/mol. The van der Waals surface area contributed by atoms with Gasteiger partial charge in [-0.25, -0.2) is 4.39 Å². The van der Waals surface area contributed by atoms with Gasteiger partial charge in [-0.3, -0.25) is 0 Å². The normalized spacial score (nSPS) is 10.6. The second kappa shape index (κ2) is 3.83. The van der Waals surface area contributed by atoms with Gasteiger partial charge < -0.3 is 10.3 Å². The Morgan fingerprint density at radius 2 is 2.20 bits per heavy atom. The molecule has 0 bridgehead atoms. The van der Waals surface area contributed by atoms with Crippen molar-refractivity contribution < 1.29 is 8.91 Å². The Morgan fingerprint density at radius 1 is 1.47 bits per heavy atom. The first kappa shape index (κ1) is 10.4. The maximum Gasteiger partial charge on any atom is 0.230 e. The van der Waals surface area contributed by atoms with Crippen LogP contribution in [0.1, 0.15) is 0 Å². The molecule has 0 saturated carbocycles. The molecule has 0 spiro atoms. The molecule has 0 fully saturated rings. The zero-order valence-corrected chi connectivity index (χ0v) is 9.64. The van der Waals surface area contributed by atoms with Crippen LogP contribution in [-0.2, 0) is 0 Å². The summed E-state index contributed by atoms with van der Waals surface area (Å²) in [7, 11) is 0. The summed E-state index contributed by atoms with van der Waals surface area (Å²) in [5, 5.41) is 3.72. The number of hydrogen-bond donors (Lipinski definition) is 1. The minimum absolute atomic E-state index is 0.0360. The molecule has 0 aliphatic rings. The minimum Gasteiger partial charge on any atom is -0.367 e.